The number of nitrogens with one attached hydrogen (secondary N) is 2. The summed E-state index contributed by atoms with van der Waals surface area (Å²) in [5.74, 6) is -3.79. The number of halogens is 4. The molecule has 2 aliphatic rings. The molecule has 4 rings (SSSR count). The summed E-state index contributed by atoms with van der Waals surface area (Å²) in [6.45, 7) is 11.2. The van der Waals surface area contributed by atoms with E-state index in [1.165, 1.54) is 18.2 Å². The maximum absolute atomic E-state index is 15.6. The first-order valence-corrected chi connectivity index (χ1v) is 12.6. The van der Waals surface area contributed by atoms with E-state index in [4.69, 9.17) is 27.9 Å². The summed E-state index contributed by atoms with van der Waals surface area (Å²) in [6.07, 6.45) is 0.419. The van der Waals surface area contributed by atoms with Crippen LogP contribution in [-0.4, -0.2) is 29.6 Å². The van der Waals surface area contributed by atoms with Crippen molar-refractivity contribution in [2.45, 2.75) is 77.0 Å². The highest BCUT2D eigenvalue weighted by Gasteiger charge is 2.67. The fourth-order valence-corrected chi connectivity index (χ4v) is 5.86. The van der Waals surface area contributed by atoms with Crippen LogP contribution in [0.25, 0.3) is 0 Å². The second kappa shape index (κ2) is 8.96. The summed E-state index contributed by atoms with van der Waals surface area (Å²) in [5.41, 5.74) is -2.36. The van der Waals surface area contributed by atoms with Crippen LogP contribution in [0.1, 0.15) is 65.0 Å². The number of ether oxygens (including phenoxy) is 1. The van der Waals surface area contributed by atoms with Crippen LogP contribution in [-0.2, 0) is 19.7 Å². The van der Waals surface area contributed by atoms with Gasteiger partial charge in [-0.25, -0.2) is 8.78 Å². The molecule has 36 heavy (non-hydrogen) atoms. The third-order valence-corrected chi connectivity index (χ3v) is 7.29. The van der Waals surface area contributed by atoms with Crippen LogP contribution < -0.4 is 10.6 Å². The Hall–Kier alpha value is -2.22. The number of esters is 1. The standard InChI is InChI=1S/C27H30Cl2F2N2O3/c1-25(2,3)12-17-27(14-10-11-16(29)20(31)21(14)33-24(27)35)18(13-8-7-9-15(28)19(13)30)22(32-17)23(34)36-26(4,5)6/h7-11,17-18,22,32H,12H2,1-6H3,(H,33,35)/t17-,18-,22+,27+/m0/s1. The topological polar surface area (TPSA) is 67.4 Å². The van der Waals surface area contributed by atoms with Gasteiger partial charge in [-0.2, -0.15) is 0 Å². The number of carbonyl (C=O) groups excluding carboxylic acids is 2. The zero-order valence-corrected chi connectivity index (χ0v) is 22.6. The zero-order chi connectivity index (χ0) is 26.8. The number of hydrogen-bond acceptors (Lipinski definition) is 4. The summed E-state index contributed by atoms with van der Waals surface area (Å²) >= 11 is 12.2. The van der Waals surface area contributed by atoms with Gasteiger partial charge in [0.25, 0.3) is 0 Å². The molecule has 1 spiro atoms. The summed E-state index contributed by atoms with van der Waals surface area (Å²) in [5, 5.41) is 5.65. The van der Waals surface area contributed by atoms with E-state index in [9.17, 15) is 9.59 Å². The van der Waals surface area contributed by atoms with Gasteiger partial charge in [0.15, 0.2) is 5.82 Å². The number of hydrogen-bond donors (Lipinski definition) is 2. The van der Waals surface area contributed by atoms with E-state index in [0.717, 1.165) is 0 Å². The molecule has 0 saturated carbocycles. The van der Waals surface area contributed by atoms with Gasteiger partial charge in [-0.1, -0.05) is 62.2 Å². The first kappa shape index (κ1) is 26.8. The SMILES string of the molecule is CC(C)(C)C[C@@H]1N[C@@H](C(=O)OC(C)(C)C)[C@H](c2cccc(Cl)c2F)[C@]12C(=O)Nc1c2ccc(Cl)c1F. The number of rotatable bonds is 3. The lowest BCUT2D eigenvalue weighted by Crippen LogP contribution is -2.49. The van der Waals surface area contributed by atoms with Gasteiger partial charge in [-0.15, -0.1) is 0 Å². The van der Waals surface area contributed by atoms with Crippen molar-refractivity contribution < 1.29 is 23.1 Å². The average Bonchev–Trinajstić information content (AvgIpc) is 3.22. The van der Waals surface area contributed by atoms with Gasteiger partial charge in [0.05, 0.1) is 15.7 Å². The van der Waals surface area contributed by atoms with Crippen molar-refractivity contribution in [1.82, 2.24) is 5.32 Å². The van der Waals surface area contributed by atoms with Crippen LogP contribution in [0.3, 0.4) is 0 Å². The van der Waals surface area contributed by atoms with Crippen molar-refractivity contribution in [1.29, 1.82) is 0 Å². The first-order valence-electron chi connectivity index (χ1n) is 11.8. The highest BCUT2D eigenvalue weighted by atomic mass is 35.5. The molecule has 0 aliphatic carbocycles. The fraction of sp³-hybridized carbons (Fsp3) is 0.481. The van der Waals surface area contributed by atoms with E-state index < -0.39 is 52.5 Å². The Kier molecular flexibility index (Phi) is 6.68. The number of anilines is 1. The molecule has 2 heterocycles. The van der Waals surface area contributed by atoms with E-state index in [-0.39, 0.29) is 26.7 Å². The number of fused-ring (bicyclic) bond motifs is 2. The van der Waals surface area contributed by atoms with Crippen molar-refractivity contribution in [3.05, 3.63) is 63.1 Å². The summed E-state index contributed by atoms with van der Waals surface area (Å²) < 4.78 is 36.5. The molecule has 5 nitrogen and oxygen atoms in total. The van der Waals surface area contributed by atoms with E-state index in [1.54, 1.807) is 32.9 Å². The molecule has 2 aromatic rings. The fourth-order valence-electron chi connectivity index (χ4n) is 5.52. The molecule has 2 aromatic carbocycles. The van der Waals surface area contributed by atoms with Gasteiger partial charge >= 0.3 is 5.97 Å². The minimum absolute atomic E-state index is 0.0644. The molecule has 1 saturated heterocycles. The van der Waals surface area contributed by atoms with Crippen molar-refractivity contribution in [3.63, 3.8) is 0 Å². The maximum atomic E-state index is 15.6. The summed E-state index contributed by atoms with van der Waals surface area (Å²) in [6, 6.07) is 5.63. The normalized spacial score (nSPS) is 25.7. The lowest BCUT2D eigenvalue weighted by atomic mass is 9.62. The predicted molar refractivity (Wildman–Crippen MR) is 136 cm³/mol. The Morgan fingerprint density at radius 1 is 1.03 bits per heavy atom. The van der Waals surface area contributed by atoms with Crippen LogP contribution >= 0.6 is 23.2 Å². The van der Waals surface area contributed by atoms with E-state index in [0.29, 0.717) is 12.0 Å². The molecule has 1 fully saturated rings. The molecule has 194 valence electrons. The Balaban J connectivity index is 2.04. The van der Waals surface area contributed by atoms with E-state index >= 15 is 8.78 Å². The minimum atomic E-state index is -1.54. The third kappa shape index (κ3) is 4.39. The number of benzene rings is 2. The molecular weight excluding hydrogens is 509 g/mol. The van der Waals surface area contributed by atoms with E-state index in [2.05, 4.69) is 10.6 Å². The molecule has 2 aliphatic heterocycles. The van der Waals surface area contributed by atoms with Crippen molar-refractivity contribution in [3.8, 4) is 0 Å². The van der Waals surface area contributed by atoms with Crippen LogP contribution in [0.5, 0.6) is 0 Å². The largest absolute Gasteiger partial charge is 0.459 e. The van der Waals surface area contributed by atoms with Crippen LogP contribution in [0.2, 0.25) is 10.0 Å². The van der Waals surface area contributed by atoms with Crippen molar-refractivity contribution in [2.75, 3.05) is 5.32 Å². The minimum Gasteiger partial charge on any atom is -0.459 e. The molecule has 0 aromatic heterocycles. The lowest BCUT2D eigenvalue weighted by molar-refractivity contribution is -0.157. The van der Waals surface area contributed by atoms with Crippen molar-refractivity contribution >= 4 is 40.8 Å². The summed E-state index contributed by atoms with van der Waals surface area (Å²) in [7, 11) is 0. The van der Waals surface area contributed by atoms with Gasteiger partial charge in [-0.05, 0) is 55.9 Å². The molecule has 2 N–H and O–H groups in total. The van der Waals surface area contributed by atoms with Gasteiger partial charge in [0.2, 0.25) is 5.91 Å². The van der Waals surface area contributed by atoms with Gasteiger partial charge in [0.1, 0.15) is 22.9 Å². The monoisotopic (exact) mass is 538 g/mol. The second-order valence-electron chi connectivity index (χ2n) is 11.7. The number of carbonyl (C=O) groups is 2. The maximum Gasteiger partial charge on any atom is 0.324 e. The van der Waals surface area contributed by atoms with Crippen LogP contribution in [0.15, 0.2) is 30.3 Å². The molecule has 9 heteroatoms. The lowest BCUT2D eigenvalue weighted by Gasteiger charge is -2.37. The van der Waals surface area contributed by atoms with Crippen LogP contribution in [0, 0.1) is 17.0 Å². The Morgan fingerprint density at radius 3 is 2.28 bits per heavy atom. The Morgan fingerprint density at radius 2 is 1.67 bits per heavy atom. The van der Waals surface area contributed by atoms with Crippen molar-refractivity contribution in [2.24, 2.45) is 5.41 Å². The van der Waals surface area contributed by atoms with Gasteiger partial charge < -0.3 is 10.1 Å². The Bertz CT molecular complexity index is 1240. The smallest absolute Gasteiger partial charge is 0.324 e. The van der Waals surface area contributed by atoms with Gasteiger partial charge in [0, 0.05) is 12.0 Å². The molecule has 4 atom stereocenters. The predicted octanol–water partition coefficient (Wildman–Crippen LogP) is 6.36. The molecular formula is C27H30Cl2F2N2O3. The quantitative estimate of drug-likeness (QED) is 0.446. The van der Waals surface area contributed by atoms with E-state index in [1.807, 2.05) is 20.8 Å². The summed E-state index contributed by atoms with van der Waals surface area (Å²) in [4.78, 5) is 27.5. The Labute approximate surface area is 219 Å². The van der Waals surface area contributed by atoms with Crippen LogP contribution in [0.4, 0.5) is 14.5 Å². The molecule has 0 unspecified atom stereocenters. The molecule has 0 bridgehead atoms. The average molecular weight is 539 g/mol. The highest BCUT2D eigenvalue weighted by molar-refractivity contribution is 6.31. The first-order chi connectivity index (χ1) is 16.6. The van der Waals surface area contributed by atoms with Gasteiger partial charge in [-0.3, -0.25) is 14.9 Å². The number of amides is 1. The second-order valence-corrected chi connectivity index (χ2v) is 12.5. The molecule has 1 amide bonds. The third-order valence-electron chi connectivity index (χ3n) is 6.70. The zero-order valence-electron chi connectivity index (χ0n) is 21.1. The molecule has 0 radical (unpaired) electrons. The highest BCUT2D eigenvalue weighted by Crippen LogP contribution is 2.58.